The third-order valence-electron chi connectivity index (χ3n) is 1.21. The number of hydrogen-bond acceptors (Lipinski definition) is 5. The Morgan fingerprint density at radius 1 is 1.75 bits per heavy atom. The van der Waals surface area contributed by atoms with Crippen LogP contribution in [0.2, 0.25) is 0 Å². The molecule has 0 aromatic heterocycles. The summed E-state index contributed by atoms with van der Waals surface area (Å²) in [4.78, 5) is 0. The molecule has 75 valence electrons. The van der Waals surface area contributed by atoms with Crippen molar-refractivity contribution in [3.8, 4) is 0 Å². The maximum Gasteiger partial charge on any atom is 0.446 e. The van der Waals surface area contributed by atoms with Gasteiger partial charge >= 0.3 is 7.82 Å². The van der Waals surface area contributed by atoms with Gasteiger partial charge in [-0.25, -0.2) is 4.57 Å². The molecule has 1 heterocycles. The predicted molar refractivity (Wildman–Crippen MR) is 36.0 cm³/mol. The van der Waals surface area contributed by atoms with E-state index in [9.17, 15) is 4.57 Å². The van der Waals surface area contributed by atoms with Crippen LogP contribution in [-0.2, 0) is 37.6 Å². The van der Waals surface area contributed by atoms with Gasteiger partial charge in [-0.1, -0.05) is 6.29 Å². The summed E-state index contributed by atoms with van der Waals surface area (Å²) in [6, 6.07) is 0. The fourth-order valence-electron chi connectivity index (χ4n) is 0.772. The van der Waals surface area contributed by atoms with Crippen molar-refractivity contribution in [1.29, 1.82) is 0 Å². The average Bonchev–Trinajstić information content (AvgIpc) is 1.84. The molecule has 1 N–H and O–H groups in total. The Hall–Kier alpha value is 0.693. The Balaban J connectivity index is 0.00000121. The van der Waals surface area contributed by atoms with E-state index in [1.54, 1.807) is 6.92 Å². The number of phosphoric ester groups is 1. The molecule has 0 spiro atoms. The van der Waals surface area contributed by atoms with Crippen LogP contribution < -0.4 is 0 Å². The molecule has 0 aromatic carbocycles. The van der Waals surface area contributed by atoms with Crippen molar-refractivity contribution in [2.24, 2.45) is 0 Å². The van der Waals surface area contributed by atoms with E-state index in [2.05, 4.69) is 9.05 Å². The SMILES string of the molecule is COP1(=O)O[C-](O)CC(C)O1.[Rh]. The molecule has 1 aliphatic heterocycles. The molecule has 2 atom stereocenters. The van der Waals surface area contributed by atoms with E-state index in [4.69, 9.17) is 9.63 Å². The average molecular weight is 284 g/mol. The molecule has 12 heavy (non-hydrogen) atoms. The van der Waals surface area contributed by atoms with Crippen molar-refractivity contribution in [2.75, 3.05) is 7.11 Å². The Morgan fingerprint density at radius 2 is 2.33 bits per heavy atom. The summed E-state index contributed by atoms with van der Waals surface area (Å²) in [5.74, 6) is 0. The molecule has 0 saturated carbocycles. The molecule has 2 unspecified atom stereocenters. The minimum Gasteiger partial charge on any atom is -0.535 e. The third kappa shape index (κ3) is 3.21. The number of aliphatic hydroxyl groups is 1. The normalized spacial score (nSPS) is 37.4. The van der Waals surface area contributed by atoms with Crippen LogP contribution in [0.4, 0.5) is 0 Å². The van der Waals surface area contributed by atoms with Gasteiger partial charge in [-0.05, 0) is 6.92 Å². The summed E-state index contributed by atoms with van der Waals surface area (Å²) in [6.45, 7) is 1.67. The molecule has 0 amide bonds. The predicted octanol–water partition coefficient (Wildman–Crippen LogP) is 1.43. The molecule has 1 saturated heterocycles. The van der Waals surface area contributed by atoms with Gasteiger partial charge in [0.1, 0.15) is 0 Å². The fourth-order valence-corrected chi connectivity index (χ4v) is 1.82. The second-order valence-electron chi connectivity index (χ2n) is 2.23. The molecule has 0 bridgehead atoms. The molecule has 0 aliphatic carbocycles. The molecule has 1 rings (SSSR count). The largest absolute Gasteiger partial charge is 0.535 e. The summed E-state index contributed by atoms with van der Waals surface area (Å²) < 4.78 is 24.9. The smallest absolute Gasteiger partial charge is 0.446 e. The topological polar surface area (TPSA) is 65.0 Å². The van der Waals surface area contributed by atoms with E-state index in [1.165, 1.54) is 7.11 Å². The Kier molecular flexibility index (Phi) is 5.08. The van der Waals surface area contributed by atoms with Crippen molar-refractivity contribution < 1.29 is 42.7 Å². The number of phosphoric acid groups is 1. The molecule has 7 heteroatoms. The summed E-state index contributed by atoms with van der Waals surface area (Å²) in [5.41, 5.74) is 0. The van der Waals surface area contributed by atoms with Gasteiger partial charge in [0.05, 0.1) is 0 Å². The number of aliphatic hydroxyl groups excluding tert-OH is 1. The second-order valence-corrected chi connectivity index (χ2v) is 3.89. The summed E-state index contributed by atoms with van der Waals surface area (Å²) >= 11 is 0. The standard InChI is InChI=1S/C5H10O5P.Rh/c1-4-3-5(6)10-11(7,8-2)9-4;/h4,6H,3H2,1-2H3;/q-1;. The fraction of sp³-hybridized carbons (Fsp3) is 0.800. The maximum atomic E-state index is 11.2. The zero-order valence-electron chi connectivity index (χ0n) is 6.65. The second kappa shape index (κ2) is 4.80. The number of rotatable bonds is 1. The summed E-state index contributed by atoms with van der Waals surface area (Å²) in [7, 11) is -2.29. The van der Waals surface area contributed by atoms with Crippen LogP contribution >= 0.6 is 7.82 Å². The third-order valence-corrected chi connectivity index (χ3v) is 2.71. The van der Waals surface area contributed by atoms with Crippen LogP contribution in [0, 0.1) is 6.29 Å². The first-order valence-electron chi connectivity index (χ1n) is 3.14. The van der Waals surface area contributed by atoms with Gasteiger partial charge in [-0.2, -0.15) is 0 Å². The Bertz CT molecular complexity index is 173. The van der Waals surface area contributed by atoms with Gasteiger partial charge in [-0.15, -0.1) is 6.42 Å². The Labute approximate surface area is 83.8 Å². The monoisotopic (exact) mass is 284 g/mol. The van der Waals surface area contributed by atoms with Gasteiger partial charge in [0.25, 0.3) is 0 Å². The maximum absolute atomic E-state index is 11.2. The van der Waals surface area contributed by atoms with Crippen molar-refractivity contribution in [3.63, 3.8) is 0 Å². The summed E-state index contributed by atoms with van der Waals surface area (Å²) in [5, 5.41) is 8.91. The van der Waals surface area contributed by atoms with Crippen molar-refractivity contribution in [1.82, 2.24) is 0 Å². The first-order chi connectivity index (χ1) is 5.06. The molecule has 0 aromatic rings. The molecular formula is C5H10O5PRh-. The zero-order chi connectivity index (χ0) is 8.48. The Morgan fingerprint density at radius 3 is 2.75 bits per heavy atom. The van der Waals surface area contributed by atoms with Crippen molar-refractivity contribution in [2.45, 2.75) is 19.4 Å². The van der Waals surface area contributed by atoms with Gasteiger partial charge in [0.2, 0.25) is 0 Å². The van der Waals surface area contributed by atoms with Crippen LogP contribution in [0.1, 0.15) is 13.3 Å². The minimum absolute atomic E-state index is 0. The van der Waals surface area contributed by atoms with Crippen LogP contribution in [0.3, 0.4) is 0 Å². The zero-order valence-corrected chi connectivity index (χ0v) is 9.18. The van der Waals surface area contributed by atoms with Crippen LogP contribution in [0.15, 0.2) is 0 Å². The molecule has 1 aliphatic rings. The molecule has 1 radical (unpaired) electrons. The van der Waals surface area contributed by atoms with E-state index in [0.29, 0.717) is 0 Å². The van der Waals surface area contributed by atoms with Gasteiger partial charge < -0.3 is 9.63 Å². The van der Waals surface area contributed by atoms with Crippen LogP contribution in [-0.4, -0.2) is 18.3 Å². The van der Waals surface area contributed by atoms with Gasteiger partial charge in [-0.3, -0.25) is 9.05 Å². The van der Waals surface area contributed by atoms with Crippen molar-refractivity contribution >= 4 is 7.82 Å². The molecule has 1 fully saturated rings. The first kappa shape index (κ1) is 12.7. The first-order valence-corrected chi connectivity index (χ1v) is 4.60. The molecule has 5 nitrogen and oxygen atoms in total. The van der Waals surface area contributed by atoms with Crippen molar-refractivity contribution in [3.05, 3.63) is 6.29 Å². The quantitative estimate of drug-likeness (QED) is 0.448. The van der Waals surface area contributed by atoms with Crippen LogP contribution in [0.5, 0.6) is 0 Å². The minimum atomic E-state index is -3.49. The number of hydrogen-bond donors (Lipinski definition) is 1. The van der Waals surface area contributed by atoms with E-state index in [1.807, 2.05) is 0 Å². The van der Waals surface area contributed by atoms with Gasteiger partial charge in [0.15, 0.2) is 0 Å². The van der Waals surface area contributed by atoms with Gasteiger partial charge in [0, 0.05) is 32.7 Å². The van der Waals surface area contributed by atoms with E-state index < -0.39 is 7.82 Å². The van der Waals surface area contributed by atoms with Crippen LogP contribution in [0.25, 0.3) is 0 Å². The van der Waals surface area contributed by atoms with E-state index in [0.717, 1.165) is 0 Å². The summed E-state index contributed by atoms with van der Waals surface area (Å²) in [6.07, 6.45) is -0.406. The van der Waals surface area contributed by atoms with E-state index in [-0.39, 0.29) is 38.3 Å². The van der Waals surface area contributed by atoms with E-state index >= 15 is 0 Å². The molecular weight excluding hydrogens is 274 g/mol.